The van der Waals surface area contributed by atoms with Gasteiger partial charge < -0.3 is 14.8 Å². The van der Waals surface area contributed by atoms with Crippen molar-refractivity contribution in [1.82, 2.24) is 5.32 Å². The quantitative estimate of drug-likeness (QED) is 0.363. The minimum absolute atomic E-state index is 0.00325. The molecule has 0 radical (unpaired) electrons. The molecule has 0 spiro atoms. The van der Waals surface area contributed by atoms with Crippen molar-refractivity contribution in [3.8, 4) is 17.6 Å². The number of carbonyl (C=O) groups is 1. The van der Waals surface area contributed by atoms with Crippen LogP contribution in [0.2, 0.25) is 0 Å². The molecular weight excluding hydrogens is 420 g/mol. The largest absolute Gasteiger partial charge is 0.493 e. The van der Waals surface area contributed by atoms with E-state index in [9.17, 15) is 10.1 Å². The lowest BCUT2D eigenvalue weighted by molar-refractivity contribution is -0.117. The minimum Gasteiger partial charge on any atom is -0.493 e. The van der Waals surface area contributed by atoms with E-state index in [0.29, 0.717) is 28.1 Å². The summed E-state index contributed by atoms with van der Waals surface area (Å²) < 4.78 is 11.6. The fourth-order valence-electron chi connectivity index (χ4n) is 2.52. The molecule has 6 heteroatoms. The van der Waals surface area contributed by atoms with E-state index in [1.165, 1.54) is 13.2 Å². The molecule has 1 N–H and O–H groups in total. The van der Waals surface area contributed by atoms with Crippen molar-refractivity contribution < 1.29 is 14.3 Å². The van der Waals surface area contributed by atoms with E-state index in [-0.39, 0.29) is 11.6 Å². The zero-order valence-corrected chi connectivity index (χ0v) is 17.3. The first-order valence-corrected chi connectivity index (χ1v) is 9.38. The van der Waals surface area contributed by atoms with Gasteiger partial charge in [0.2, 0.25) is 0 Å². The van der Waals surface area contributed by atoms with Gasteiger partial charge in [-0.3, -0.25) is 4.79 Å². The van der Waals surface area contributed by atoms with Gasteiger partial charge in [-0.2, -0.15) is 5.26 Å². The van der Waals surface area contributed by atoms with Gasteiger partial charge in [0, 0.05) is 0 Å². The van der Waals surface area contributed by atoms with Crippen LogP contribution in [0.3, 0.4) is 0 Å². The Morgan fingerprint density at radius 2 is 2.07 bits per heavy atom. The maximum Gasteiger partial charge on any atom is 0.262 e. The number of amides is 1. The maximum atomic E-state index is 12.5. The number of nitriles is 1. The predicted octanol–water partition coefficient (Wildman–Crippen LogP) is 4.81. The van der Waals surface area contributed by atoms with E-state index in [1.807, 2.05) is 43.3 Å². The molecule has 0 aliphatic heterocycles. The zero-order valence-electron chi connectivity index (χ0n) is 15.7. The van der Waals surface area contributed by atoms with Gasteiger partial charge in [0.15, 0.2) is 11.5 Å². The van der Waals surface area contributed by atoms with Crippen molar-refractivity contribution in [2.24, 2.45) is 0 Å². The third-order valence-electron chi connectivity index (χ3n) is 3.92. The van der Waals surface area contributed by atoms with E-state index in [0.717, 1.165) is 5.56 Å². The Hall–Kier alpha value is -3.04. The van der Waals surface area contributed by atoms with Crippen molar-refractivity contribution in [3.05, 3.63) is 76.3 Å². The molecule has 0 saturated heterocycles. The van der Waals surface area contributed by atoms with Gasteiger partial charge in [0.05, 0.1) is 17.6 Å². The van der Waals surface area contributed by atoms with E-state index < -0.39 is 5.91 Å². The summed E-state index contributed by atoms with van der Waals surface area (Å²) in [5.74, 6) is 0.568. The van der Waals surface area contributed by atoms with E-state index in [4.69, 9.17) is 9.47 Å². The van der Waals surface area contributed by atoms with Crippen LogP contribution in [0.25, 0.3) is 6.08 Å². The van der Waals surface area contributed by atoms with Crippen LogP contribution in [0.4, 0.5) is 0 Å². The molecule has 1 atom stereocenters. The normalized spacial score (nSPS) is 11.9. The van der Waals surface area contributed by atoms with Crippen molar-refractivity contribution in [3.63, 3.8) is 0 Å². The van der Waals surface area contributed by atoms with Crippen LogP contribution in [0.15, 0.2) is 65.2 Å². The molecule has 0 aromatic heterocycles. The summed E-state index contributed by atoms with van der Waals surface area (Å²) in [7, 11) is 1.52. The number of halogens is 1. The minimum atomic E-state index is -0.444. The summed E-state index contributed by atoms with van der Waals surface area (Å²) in [6.07, 6.45) is 3.14. The SMILES string of the molecule is C=CCOc1c(Br)cc(/C=C(/C#N)C(=O)N[C@@H](C)c2ccccc2)cc1OC. The second kappa shape index (κ2) is 10.3. The second-order valence-corrected chi connectivity index (χ2v) is 6.76. The van der Waals surface area contributed by atoms with Crippen molar-refractivity contribution in [1.29, 1.82) is 5.26 Å². The van der Waals surface area contributed by atoms with Crippen LogP contribution in [0, 0.1) is 11.3 Å². The first kappa shape index (κ1) is 21.3. The highest BCUT2D eigenvalue weighted by molar-refractivity contribution is 9.10. The third kappa shape index (κ3) is 5.48. The monoisotopic (exact) mass is 440 g/mol. The molecular formula is C22H21BrN2O3. The molecule has 0 heterocycles. The van der Waals surface area contributed by atoms with Crippen molar-refractivity contribution >= 4 is 27.9 Å². The van der Waals surface area contributed by atoms with Crippen LogP contribution in [-0.4, -0.2) is 19.6 Å². The highest BCUT2D eigenvalue weighted by Crippen LogP contribution is 2.37. The molecule has 5 nitrogen and oxygen atoms in total. The molecule has 28 heavy (non-hydrogen) atoms. The third-order valence-corrected chi connectivity index (χ3v) is 4.51. The fourth-order valence-corrected chi connectivity index (χ4v) is 3.09. The van der Waals surface area contributed by atoms with E-state index >= 15 is 0 Å². The maximum absolute atomic E-state index is 12.5. The number of benzene rings is 2. The predicted molar refractivity (Wildman–Crippen MR) is 113 cm³/mol. The van der Waals surface area contributed by atoms with Crippen molar-refractivity contribution in [2.75, 3.05) is 13.7 Å². The van der Waals surface area contributed by atoms with Gasteiger partial charge >= 0.3 is 0 Å². The first-order chi connectivity index (χ1) is 13.5. The lowest BCUT2D eigenvalue weighted by atomic mass is 10.1. The highest BCUT2D eigenvalue weighted by atomic mass is 79.9. The smallest absolute Gasteiger partial charge is 0.262 e. The van der Waals surface area contributed by atoms with Gasteiger partial charge in [0.25, 0.3) is 5.91 Å². The summed E-state index contributed by atoms with van der Waals surface area (Å²) in [4.78, 5) is 12.5. The zero-order chi connectivity index (χ0) is 20.5. The van der Waals surface area contributed by atoms with Gasteiger partial charge in [-0.05, 0) is 52.2 Å². The molecule has 2 rings (SSSR count). The van der Waals surface area contributed by atoms with Gasteiger partial charge in [-0.1, -0.05) is 43.0 Å². The molecule has 0 unspecified atom stereocenters. The lowest BCUT2D eigenvalue weighted by Crippen LogP contribution is -2.27. The Bertz CT molecular complexity index is 917. The Morgan fingerprint density at radius 3 is 2.68 bits per heavy atom. The topological polar surface area (TPSA) is 71.3 Å². The molecule has 0 bridgehead atoms. The Labute approximate surface area is 173 Å². The molecule has 1 amide bonds. The van der Waals surface area contributed by atoms with Crippen LogP contribution < -0.4 is 14.8 Å². The molecule has 2 aromatic carbocycles. The molecule has 0 saturated carbocycles. The molecule has 0 aliphatic carbocycles. The fraction of sp³-hybridized carbons (Fsp3) is 0.182. The van der Waals surface area contributed by atoms with Crippen molar-refractivity contribution in [2.45, 2.75) is 13.0 Å². The standard InChI is InChI=1S/C22H21BrN2O3/c1-4-10-28-21-19(23)12-16(13-20(21)27-3)11-18(14-24)22(26)25-15(2)17-8-6-5-7-9-17/h4-9,11-13,15H,1,10H2,2-3H3,(H,25,26)/b18-11-/t15-/m0/s1. The average molecular weight is 441 g/mol. The number of methoxy groups -OCH3 is 1. The Morgan fingerprint density at radius 1 is 1.36 bits per heavy atom. The summed E-state index contributed by atoms with van der Waals surface area (Å²) in [5.41, 5.74) is 1.59. The first-order valence-electron chi connectivity index (χ1n) is 8.59. The summed E-state index contributed by atoms with van der Waals surface area (Å²) in [5, 5.41) is 12.3. The number of nitrogens with one attached hydrogen (secondary N) is 1. The van der Waals surface area contributed by atoms with Gasteiger partial charge in [-0.15, -0.1) is 0 Å². The van der Waals surface area contributed by atoms with E-state index in [2.05, 4.69) is 27.8 Å². The molecule has 0 fully saturated rings. The van der Waals surface area contributed by atoms with Crippen LogP contribution in [0.5, 0.6) is 11.5 Å². The van der Waals surface area contributed by atoms with Crippen LogP contribution in [-0.2, 0) is 4.79 Å². The Kier molecular flexibility index (Phi) is 7.85. The summed E-state index contributed by atoms with van der Waals surface area (Å²) >= 11 is 3.44. The Balaban J connectivity index is 2.26. The number of hydrogen-bond acceptors (Lipinski definition) is 4. The molecule has 0 aliphatic rings. The van der Waals surface area contributed by atoms with Gasteiger partial charge in [0.1, 0.15) is 18.2 Å². The molecule has 2 aromatic rings. The number of nitrogens with zero attached hydrogens (tertiary/aromatic N) is 1. The number of carbonyl (C=O) groups excluding carboxylic acids is 1. The number of ether oxygens (including phenoxy) is 2. The number of hydrogen-bond donors (Lipinski definition) is 1. The lowest BCUT2D eigenvalue weighted by Gasteiger charge is -2.14. The summed E-state index contributed by atoms with van der Waals surface area (Å²) in [6.45, 7) is 5.82. The number of rotatable bonds is 8. The average Bonchev–Trinajstić information content (AvgIpc) is 2.71. The summed E-state index contributed by atoms with van der Waals surface area (Å²) in [6, 6.07) is 14.8. The second-order valence-electron chi connectivity index (χ2n) is 5.91. The van der Waals surface area contributed by atoms with Crippen LogP contribution >= 0.6 is 15.9 Å². The van der Waals surface area contributed by atoms with Crippen LogP contribution in [0.1, 0.15) is 24.1 Å². The van der Waals surface area contributed by atoms with Gasteiger partial charge in [-0.25, -0.2) is 0 Å². The van der Waals surface area contributed by atoms with E-state index in [1.54, 1.807) is 18.2 Å². The highest BCUT2D eigenvalue weighted by Gasteiger charge is 2.15. The molecule has 144 valence electrons.